The molecule has 180 valence electrons. The van der Waals surface area contributed by atoms with Crippen molar-refractivity contribution >= 4 is 29.1 Å². The molecule has 3 rings (SSSR count). The van der Waals surface area contributed by atoms with Crippen LogP contribution in [-0.2, 0) is 24.2 Å². The van der Waals surface area contributed by atoms with Crippen molar-refractivity contribution in [3.05, 3.63) is 93.0 Å². The van der Waals surface area contributed by atoms with Gasteiger partial charge < -0.3 is 26.0 Å². The zero-order chi connectivity index (χ0) is 24.7. The molecule has 0 fully saturated rings. The van der Waals surface area contributed by atoms with Crippen molar-refractivity contribution in [2.45, 2.75) is 38.5 Å². The van der Waals surface area contributed by atoms with Crippen molar-refractivity contribution in [2.24, 2.45) is 0 Å². The Kier molecular flexibility index (Phi) is 9.19. The van der Waals surface area contributed by atoms with Gasteiger partial charge in [-0.15, -0.1) is 0 Å². The Morgan fingerprint density at radius 2 is 1.56 bits per heavy atom. The summed E-state index contributed by atoms with van der Waals surface area (Å²) in [5.74, 6) is -0.326. The molecule has 5 N–H and O–H groups in total. The highest BCUT2D eigenvalue weighted by Gasteiger charge is 2.13. The molecule has 0 heterocycles. The molecule has 34 heavy (non-hydrogen) atoms. The SMILES string of the molecule is C[C@H](Cc1cccc(CC(=O)NCc2c(Cl)cccc2Cl)c1)NCC(O)c1cc(O)cc(O)c1. The summed E-state index contributed by atoms with van der Waals surface area (Å²) < 4.78 is 0. The van der Waals surface area contributed by atoms with Crippen molar-refractivity contribution in [3.8, 4) is 11.5 Å². The topological polar surface area (TPSA) is 102 Å². The predicted octanol–water partition coefficient (Wildman–Crippen LogP) is 4.52. The molecule has 0 aromatic heterocycles. The number of carbonyl (C=O) groups excluding carboxylic acids is 1. The van der Waals surface area contributed by atoms with E-state index in [-0.39, 0.29) is 43.0 Å². The third kappa shape index (κ3) is 7.64. The van der Waals surface area contributed by atoms with E-state index in [0.29, 0.717) is 27.6 Å². The Bertz CT molecular complexity index is 1100. The molecule has 6 nitrogen and oxygen atoms in total. The van der Waals surface area contributed by atoms with Crippen molar-refractivity contribution in [2.75, 3.05) is 6.54 Å². The van der Waals surface area contributed by atoms with Crippen LogP contribution in [0.1, 0.15) is 35.3 Å². The fraction of sp³-hybridized carbons (Fsp3) is 0.269. The number of carbonyl (C=O) groups is 1. The van der Waals surface area contributed by atoms with Gasteiger partial charge in [0.2, 0.25) is 5.91 Å². The minimum absolute atomic E-state index is 0.0481. The number of nitrogens with one attached hydrogen (secondary N) is 2. The van der Waals surface area contributed by atoms with Crippen molar-refractivity contribution in [1.82, 2.24) is 10.6 Å². The lowest BCUT2D eigenvalue weighted by Crippen LogP contribution is -2.32. The number of phenolic OH excluding ortho intramolecular Hbond substituents is 2. The minimum Gasteiger partial charge on any atom is -0.508 e. The van der Waals surface area contributed by atoms with E-state index in [1.165, 1.54) is 18.2 Å². The van der Waals surface area contributed by atoms with Gasteiger partial charge in [-0.3, -0.25) is 4.79 Å². The van der Waals surface area contributed by atoms with Crippen molar-refractivity contribution in [1.29, 1.82) is 0 Å². The molecular formula is C26H28Cl2N2O4. The maximum Gasteiger partial charge on any atom is 0.224 e. The third-order valence-corrected chi connectivity index (χ3v) is 6.10. The number of halogens is 2. The van der Waals surface area contributed by atoms with E-state index in [0.717, 1.165) is 11.1 Å². The van der Waals surface area contributed by atoms with Gasteiger partial charge in [0.15, 0.2) is 0 Å². The van der Waals surface area contributed by atoms with Crippen LogP contribution in [0.3, 0.4) is 0 Å². The van der Waals surface area contributed by atoms with Gasteiger partial charge in [0.05, 0.1) is 12.5 Å². The summed E-state index contributed by atoms with van der Waals surface area (Å²) in [5, 5.41) is 36.7. The monoisotopic (exact) mass is 502 g/mol. The van der Waals surface area contributed by atoms with E-state index in [4.69, 9.17) is 23.2 Å². The summed E-state index contributed by atoms with van der Waals surface area (Å²) in [4.78, 5) is 12.4. The first-order chi connectivity index (χ1) is 16.2. The summed E-state index contributed by atoms with van der Waals surface area (Å²) in [5.41, 5.74) is 3.07. The summed E-state index contributed by atoms with van der Waals surface area (Å²) in [6, 6.07) is 17.1. The Hall–Kier alpha value is -2.77. The summed E-state index contributed by atoms with van der Waals surface area (Å²) in [6.07, 6.45) is 0.0576. The first-order valence-corrected chi connectivity index (χ1v) is 11.7. The summed E-state index contributed by atoms with van der Waals surface area (Å²) in [7, 11) is 0. The number of amides is 1. The van der Waals surface area contributed by atoms with Crippen molar-refractivity contribution in [3.63, 3.8) is 0 Å². The van der Waals surface area contributed by atoms with E-state index in [1.807, 2.05) is 31.2 Å². The van der Waals surface area contributed by atoms with Gasteiger partial charge in [-0.05, 0) is 54.3 Å². The molecule has 1 amide bonds. The number of phenols is 2. The Labute approximate surface area is 209 Å². The van der Waals surface area contributed by atoms with Gasteiger partial charge in [-0.25, -0.2) is 0 Å². The van der Waals surface area contributed by atoms with Crippen LogP contribution in [0, 0.1) is 0 Å². The maximum atomic E-state index is 12.4. The van der Waals surface area contributed by atoms with E-state index in [2.05, 4.69) is 10.6 Å². The Morgan fingerprint density at radius 1 is 0.941 bits per heavy atom. The lowest BCUT2D eigenvalue weighted by Gasteiger charge is -2.18. The average Bonchev–Trinajstić information content (AvgIpc) is 2.76. The minimum atomic E-state index is -0.873. The normalized spacial score (nSPS) is 12.8. The van der Waals surface area contributed by atoms with Gasteiger partial charge in [0.1, 0.15) is 11.5 Å². The number of aliphatic hydroxyl groups excluding tert-OH is 1. The number of benzene rings is 3. The van der Waals surface area contributed by atoms with Crippen LogP contribution >= 0.6 is 23.2 Å². The molecule has 1 unspecified atom stereocenters. The van der Waals surface area contributed by atoms with Gasteiger partial charge in [-0.1, -0.05) is 53.5 Å². The van der Waals surface area contributed by atoms with Gasteiger partial charge in [0, 0.05) is 40.8 Å². The largest absolute Gasteiger partial charge is 0.508 e. The number of aliphatic hydroxyl groups is 1. The highest BCUT2D eigenvalue weighted by atomic mass is 35.5. The molecule has 8 heteroatoms. The fourth-order valence-electron chi connectivity index (χ4n) is 3.67. The second-order valence-corrected chi connectivity index (χ2v) is 9.10. The van der Waals surface area contributed by atoms with Crippen LogP contribution in [-0.4, -0.2) is 33.8 Å². The maximum absolute atomic E-state index is 12.4. The zero-order valence-corrected chi connectivity index (χ0v) is 20.3. The molecule has 0 aliphatic carbocycles. The summed E-state index contributed by atoms with van der Waals surface area (Å²) >= 11 is 12.3. The highest BCUT2D eigenvalue weighted by molar-refractivity contribution is 6.36. The molecule has 3 aromatic rings. The fourth-order valence-corrected chi connectivity index (χ4v) is 4.20. The standard InChI is InChI=1S/C26H28Cl2N2O4/c1-16(29-15-25(33)19-11-20(31)13-21(32)12-19)8-17-4-2-5-18(9-17)10-26(34)30-14-22-23(27)6-3-7-24(22)28/h2-7,9,11-13,16,25,29,31-33H,8,10,14-15H2,1H3,(H,30,34)/t16-,25?/m1/s1. The van der Waals surface area contributed by atoms with E-state index < -0.39 is 6.10 Å². The molecule has 0 bridgehead atoms. The molecule has 0 radical (unpaired) electrons. The number of aromatic hydroxyl groups is 2. The van der Waals surface area contributed by atoms with Crippen LogP contribution < -0.4 is 10.6 Å². The van der Waals surface area contributed by atoms with Gasteiger partial charge in [0.25, 0.3) is 0 Å². The number of hydrogen-bond acceptors (Lipinski definition) is 5. The first kappa shape index (κ1) is 25.8. The molecule has 0 saturated heterocycles. The molecular weight excluding hydrogens is 475 g/mol. The molecule has 3 aromatic carbocycles. The van der Waals surface area contributed by atoms with Crippen LogP contribution in [0.25, 0.3) is 0 Å². The predicted molar refractivity (Wildman–Crippen MR) is 134 cm³/mol. The quantitative estimate of drug-likeness (QED) is 0.280. The highest BCUT2D eigenvalue weighted by Crippen LogP contribution is 2.25. The Balaban J connectivity index is 1.50. The molecule has 0 spiro atoms. The Morgan fingerprint density at radius 3 is 2.24 bits per heavy atom. The van der Waals surface area contributed by atoms with Crippen LogP contribution in [0.15, 0.2) is 60.7 Å². The van der Waals surface area contributed by atoms with Crippen molar-refractivity contribution < 1.29 is 20.1 Å². The van der Waals surface area contributed by atoms with Gasteiger partial charge >= 0.3 is 0 Å². The number of rotatable bonds is 10. The first-order valence-electron chi connectivity index (χ1n) is 10.9. The zero-order valence-electron chi connectivity index (χ0n) is 18.8. The smallest absolute Gasteiger partial charge is 0.224 e. The second kappa shape index (κ2) is 12.1. The van der Waals surface area contributed by atoms with Crippen LogP contribution in [0.5, 0.6) is 11.5 Å². The molecule has 0 aliphatic rings. The van der Waals surface area contributed by atoms with Crippen LogP contribution in [0.4, 0.5) is 0 Å². The molecule has 2 atom stereocenters. The molecule has 0 aliphatic heterocycles. The third-order valence-electron chi connectivity index (χ3n) is 5.39. The van der Waals surface area contributed by atoms with E-state index in [9.17, 15) is 20.1 Å². The van der Waals surface area contributed by atoms with Gasteiger partial charge in [-0.2, -0.15) is 0 Å². The lowest BCUT2D eigenvalue weighted by atomic mass is 10.0. The number of hydrogen-bond donors (Lipinski definition) is 5. The van der Waals surface area contributed by atoms with Crippen LogP contribution in [0.2, 0.25) is 10.0 Å². The second-order valence-electron chi connectivity index (χ2n) is 8.29. The lowest BCUT2D eigenvalue weighted by molar-refractivity contribution is -0.120. The summed E-state index contributed by atoms with van der Waals surface area (Å²) in [6.45, 7) is 2.52. The average molecular weight is 503 g/mol. The molecule has 0 saturated carbocycles. The van der Waals surface area contributed by atoms with E-state index in [1.54, 1.807) is 18.2 Å². The van der Waals surface area contributed by atoms with E-state index >= 15 is 0 Å².